The monoisotopic (exact) mass is 396 g/mol. The molecule has 1 saturated heterocycles. The zero-order chi connectivity index (χ0) is 19.6. The summed E-state index contributed by atoms with van der Waals surface area (Å²) in [6.45, 7) is 1.38. The van der Waals surface area contributed by atoms with Gasteiger partial charge in [0.25, 0.3) is 11.8 Å². The van der Waals surface area contributed by atoms with E-state index < -0.39 is 45.9 Å². The van der Waals surface area contributed by atoms with E-state index in [9.17, 15) is 22.8 Å². The van der Waals surface area contributed by atoms with Crippen LogP contribution in [-0.2, 0) is 29.0 Å². The lowest BCUT2D eigenvalue weighted by atomic mass is 10.1. The van der Waals surface area contributed by atoms with Crippen molar-refractivity contribution in [3.8, 4) is 5.75 Å². The topological polar surface area (TPSA) is 128 Å². The largest absolute Gasteiger partial charge is 0.478 e. The normalized spacial score (nSPS) is 24.1. The van der Waals surface area contributed by atoms with Gasteiger partial charge in [-0.25, -0.2) is 8.42 Å². The average molecular weight is 396 g/mol. The summed E-state index contributed by atoms with van der Waals surface area (Å²) in [5.74, 6) is -1.46. The lowest BCUT2D eigenvalue weighted by Gasteiger charge is -2.25. The molecule has 2 heterocycles. The summed E-state index contributed by atoms with van der Waals surface area (Å²) in [4.78, 5) is 36.2. The molecule has 0 bridgehead atoms. The van der Waals surface area contributed by atoms with Gasteiger partial charge in [-0.3, -0.25) is 14.4 Å². The Labute approximate surface area is 156 Å². The molecular weight excluding hydrogens is 376 g/mol. The van der Waals surface area contributed by atoms with Crippen molar-refractivity contribution in [1.82, 2.24) is 5.32 Å². The molecule has 2 aliphatic heterocycles. The number of nitrogens with one attached hydrogen (secondary N) is 2. The predicted molar refractivity (Wildman–Crippen MR) is 94.9 cm³/mol. The number of amides is 2. The molecule has 9 nitrogen and oxygen atoms in total. The molecule has 1 aromatic rings. The van der Waals surface area contributed by atoms with E-state index in [0.717, 1.165) is 0 Å². The highest BCUT2D eigenvalue weighted by atomic mass is 32.2. The summed E-state index contributed by atoms with van der Waals surface area (Å²) in [6.07, 6.45) is -2.18. The molecule has 2 aliphatic rings. The molecule has 0 aromatic heterocycles. The average Bonchev–Trinajstić information content (AvgIpc) is 2.94. The van der Waals surface area contributed by atoms with Crippen molar-refractivity contribution >= 4 is 33.3 Å². The highest BCUT2D eigenvalue weighted by Crippen LogP contribution is 2.29. The third-order valence-corrected chi connectivity index (χ3v) is 6.08. The zero-order valence-electron chi connectivity index (χ0n) is 14.6. The van der Waals surface area contributed by atoms with Gasteiger partial charge in [-0.15, -0.1) is 0 Å². The van der Waals surface area contributed by atoms with Gasteiger partial charge in [0, 0.05) is 6.04 Å². The first-order chi connectivity index (χ1) is 12.7. The van der Waals surface area contributed by atoms with E-state index in [0.29, 0.717) is 17.9 Å². The van der Waals surface area contributed by atoms with Crippen molar-refractivity contribution < 1.29 is 32.3 Å². The maximum absolute atomic E-state index is 12.1. The van der Waals surface area contributed by atoms with Crippen molar-refractivity contribution in [3.05, 3.63) is 24.3 Å². The van der Waals surface area contributed by atoms with Gasteiger partial charge in [0.2, 0.25) is 0 Å². The smallest absolute Gasteiger partial charge is 0.310 e. The Morgan fingerprint density at radius 1 is 1.37 bits per heavy atom. The molecule has 1 aromatic carbocycles. The maximum atomic E-state index is 12.1. The maximum Gasteiger partial charge on any atom is 0.310 e. The molecule has 3 rings (SSSR count). The number of hydrogen-bond donors (Lipinski definition) is 2. The number of rotatable bonds is 5. The van der Waals surface area contributed by atoms with Crippen molar-refractivity contribution in [3.63, 3.8) is 0 Å². The summed E-state index contributed by atoms with van der Waals surface area (Å²) in [5.41, 5.74) is 0.520. The molecule has 0 saturated carbocycles. The van der Waals surface area contributed by atoms with Crippen LogP contribution in [0.5, 0.6) is 5.75 Å². The second kappa shape index (κ2) is 7.55. The van der Waals surface area contributed by atoms with Gasteiger partial charge in [0.05, 0.1) is 23.6 Å². The van der Waals surface area contributed by atoms with Gasteiger partial charge < -0.3 is 20.1 Å². The molecular formula is C17H20N2O7S. The Morgan fingerprint density at radius 2 is 2.11 bits per heavy atom. The van der Waals surface area contributed by atoms with Crippen molar-refractivity contribution in [1.29, 1.82) is 0 Å². The lowest BCUT2D eigenvalue weighted by Crippen LogP contribution is -2.43. The molecule has 0 radical (unpaired) electrons. The van der Waals surface area contributed by atoms with Crippen LogP contribution < -0.4 is 15.4 Å². The standard InChI is InChI=1S/C17H20N2O7S/c1-10(16(21)18-11-6-7-27(23,24)9-11)25-15(20)8-14-17(22)19-12-4-2-3-5-13(12)26-14/h2-5,10-11,14H,6-9H2,1H3,(H,18,21)(H,19,22)/t10-,11-,14+/m0/s1. The first-order valence-electron chi connectivity index (χ1n) is 8.50. The molecule has 1 fully saturated rings. The number of ether oxygens (including phenoxy) is 2. The van der Waals surface area contributed by atoms with E-state index in [1.54, 1.807) is 24.3 Å². The summed E-state index contributed by atoms with van der Waals surface area (Å²) >= 11 is 0. The van der Waals surface area contributed by atoms with E-state index in [1.165, 1.54) is 6.92 Å². The Hall–Kier alpha value is -2.62. The number of sulfone groups is 1. The van der Waals surface area contributed by atoms with Crippen LogP contribution >= 0.6 is 0 Å². The molecule has 27 heavy (non-hydrogen) atoms. The Morgan fingerprint density at radius 3 is 2.81 bits per heavy atom. The number of hydrogen-bond acceptors (Lipinski definition) is 7. The number of fused-ring (bicyclic) bond motifs is 1. The first-order valence-corrected chi connectivity index (χ1v) is 10.3. The van der Waals surface area contributed by atoms with Crippen molar-refractivity contribution in [2.75, 3.05) is 16.8 Å². The van der Waals surface area contributed by atoms with Gasteiger partial charge in [-0.05, 0) is 25.5 Å². The summed E-state index contributed by atoms with van der Waals surface area (Å²) in [7, 11) is -3.12. The Bertz CT molecular complexity index is 868. The second-order valence-corrected chi connectivity index (χ2v) is 8.77. The SMILES string of the molecule is C[C@H](OC(=O)C[C@H]1Oc2ccccc2NC1=O)C(=O)N[C@H]1CCS(=O)(=O)C1. The highest BCUT2D eigenvalue weighted by molar-refractivity contribution is 7.91. The Kier molecular flexibility index (Phi) is 5.36. The highest BCUT2D eigenvalue weighted by Gasteiger charge is 2.33. The van der Waals surface area contributed by atoms with Gasteiger partial charge in [0.1, 0.15) is 5.75 Å². The van der Waals surface area contributed by atoms with Crippen molar-refractivity contribution in [2.45, 2.75) is 38.0 Å². The van der Waals surface area contributed by atoms with Crippen LogP contribution in [0.3, 0.4) is 0 Å². The van der Waals surface area contributed by atoms with Crippen LogP contribution in [0, 0.1) is 0 Å². The molecule has 146 valence electrons. The summed E-state index contributed by atoms with van der Waals surface area (Å²) < 4.78 is 33.4. The van der Waals surface area contributed by atoms with Crippen LogP contribution in [0.2, 0.25) is 0 Å². The fourth-order valence-corrected chi connectivity index (χ4v) is 4.58. The minimum Gasteiger partial charge on any atom is -0.478 e. The molecule has 3 atom stereocenters. The fourth-order valence-electron chi connectivity index (χ4n) is 2.90. The first kappa shape index (κ1) is 19.2. The van der Waals surface area contributed by atoms with E-state index in [-0.39, 0.29) is 17.9 Å². The zero-order valence-corrected chi connectivity index (χ0v) is 15.5. The number of carbonyl (C=O) groups excluding carboxylic acids is 3. The van der Waals surface area contributed by atoms with Crippen LogP contribution in [-0.4, -0.2) is 56.0 Å². The van der Waals surface area contributed by atoms with E-state index >= 15 is 0 Å². The van der Waals surface area contributed by atoms with Crippen LogP contribution in [0.25, 0.3) is 0 Å². The molecule has 2 N–H and O–H groups in total. The summed E-state index contributed by atoms with van der Waals surface area (Å²) in [5, 5.41) is 5.20. The number of benzene rings is 1. The van der Waals surface area contributed by atoms with Crippen LogP contribution in [0.1, 0.15) is 19.8 Å². The van der Waals surface area contributed by atoms with E-state index in [2.05, 4.69) is 10.6 Å². The lowest BCUT2D eigenvalue weighted by molar-refractivity contribution is -0.157. The van der Waals surface area contributed by atoms with Crippen molar-refractivity contribution in [2.24, 2.45) is 0 Å². The minimum atomic E-state index is -3.12. The third kappa shape index (κ3) is 4.76. The number of carbonyl (C=O) groups is 3. The third-order valence-electron chi connectivity index (χ3n) is 4.31. The van der Waals surface area contributed by atoms with Gasteiger partial charge >= 0.3 is 5.97 Å². The quantitative estimate of drug-likeness (QED) is 0.671. The number of anilines is 1. The van der Waals surface area contributed by atoms with Gasteiger partial charge in [-0.1, -0.05) is 12.1 Å². The van der Waals surface area contributed by atoms with Gasteiger partial charge in [0.15, 0.2) is 22.0 Å². The molecule has 0 aliphatic carbocycles. The van der Waals surface area contributed by atoms with Gasteiger partial charge in [-0.2, -0.15) is 0 Å². The predicted octanol–water partition coefficient (Wildman–Crippen LogP) is 0.0112. The molecule has 10 heteroatoms. The summed E-state index contributed by atoms with van der Waals surface area (Å²) in [6, 6.07) is 6.34. The number of esters is 1. The van der Waals surface area contributed by atoms with E-state index in [4.69, 9.17) is 9.47 Å². The van der Waals surface area contributed by atoms with Crippen LogP contribution in [0.4, 0.5) is 5.69 Å². The van der Waals surface area contributed by atoms with Crippen LogP contribution in [0.15, 0.2) is 24.3 Å². The molecule has 0 spiro atoms. The Balaban J connectivity index is 1.50. The number of para-hydroxylation sites is 2. The fraction of sp³-hybridized carbons (Fsp3) is 0.471. The minimum absolute atomic E-state index is 0.0295. The molecule has 0 unspecified atom stereocenters. The second-order valence-electron chi connectivity index (χ2n) is 6.54. The molecule has 2 amide bonds. The van der Waals surface area contributed by atoms with E-state index in [1.807, 2.05) is 0 Å².